The quantitative estimate of drug-likeness (QED) is 0.0635. The van der Waals surface area contributed by atoms with E-state index in [0.717, 1.165) is 33.3 Å². The Kier molecular flexibility index (Phi) is 74.9. The van der Waals surface area contributed by atoms with E-state index in [2.05, 4.69) is 190 Å². The molecular formula is C93H184N12. The first kappa shape index (κ1) is 98.9. The summed E-state index contributed by atoms with van der Waals surface area (Å²) in [5, 5.41) is 0. The zero-order valence-corrected chi connectivity index (χ0v) is 72.4. The largest absolute Gasteiger partial charge is 0.362 e. The minimum absolute atomic E-state index is 1.08. The SMILES string of the molecule is CCCCCCCCCCN1C=CN(CCCCCCCCCC)C1.CCCCCCCCCN1C=CN(CCCCCCCCC)C1.CCCCCCCCN1C=CN(CCCCCCCC)C1.CCCCCCCN1C=CN(CCCCCCC)C1.CCCCCCN1C=CN(C)C1.c1c[nH]cn1. The number of rotatable bonds is 65. The van der Waals surface area contributed by atoms with Crippen molar-refractivity contribution in [1.29, 1.82) is 0 Å². The fraction of sp³-hybridized carbons (Fsp3) is 0.860. The molecule has 12 heteroatoms. The summed E-state index contributed by atoms with van der Waals surface area (Å²) in [7, 11) is 2.11. The van der Waals surface area contributed by atoms with Crippen LogP contribution >= 0.6 is 0 Å². The lowest BCUT2D eigenvalue weighted by molar-refractivity contribution is 0.257. The molecule has 0 fully saturated rings. The van der Waals surface area contributed by atoms with Gasteiger partial charge in [-0.2, -0.15) is 0 Å². The number of nitrogens with zero attached hydrogens (tertiary/aromatic N) is 11. The molecule has 0 spiro atoms. The van der Waals surface area contributed by atoms with Gasteiger partial charge in [0.05, 0.1) is 39.7 Å². The van der Waals surface area contributed by atoms with Crippen LogP contribution in [0.25, 0.3) is 0 Å². The standard InChI is InChI=1S/C23H46N2.C21H42N2.C19H38N2.C17H34N2.C10H20N2.C3H4N2/c1-3-5-7-9-11-13-15-17-19-24-21-22-25(23-24)20-18-16-14-12-10-8-6-4-2;1-3-5-7-9-11-13-15-17-22-19-20-23(21-22)18-16-14-12-10-8-6-4-2;1-3-5-7-9-11-13-15-20-17-18-21(19-20)16-14-12-10-8-6-4-2;1-3-5-7-9-11-13-18-15-16-19(17-18)14-12-10-8-6-4-2;1-3-4-5-6-7-12-9-8-11(2)10-12;1-2-5-3-4-1/h21-22H,3-20,23H2,1-2H3;19-20H,3-18,21H2,1-2H3;17-18H,3-16,19H2,1-2H3;15-16H,3-14,17H2,1-2H3;8-9H,3-7,10H2,1-2H3;1-3H,(H,4,5). The molecular weight excluding hydrogens is 1290 g/mol. The van der Waals surface area contributed by atoms with Gasteiger partial charge in [-0.3, -0.25) is 0 Å². The van der Waals surface area contributed by atoms with Gasteiger partial charge in [0.1, 0.15) is 0 Å². The molecule has 5 aliphatic heterocycles. The average Bonchev–Trinajstić information content (AvgIpc) is 3.02. The highest BCUT2D eigenvalue weighted by Gasteiger charge is 2.15. The first-order valence-corrected chi connectivity index (χ1v) is 46.5. The fourth-order valence-electron chi connectivity index (χ4n) is 14.4. The maximum absolute atomic E-state index is 3.67. The Hall–Kier alpha value is -4.09. The number of H-pyrrole nitrogens is 1. The van der Waals surface area contributed by atoms with Crippen LogP contribution in [0.3, 0.4) is 0 Å². The molecule has 0 radical (unpaired) electrons. The zero-order valence-electron chi connectivity index (χ0n) is 72.4. The van der Waals surface area contributed by atoms with Crippen LogP contribution in [0.2, 0.25) is 0 Å². The molecule has 5 aliphatic rings. The van der Waals surface area contributed by atoms with Gasteiger partial charge in [-0.05, 0) is 57.8 Å². The van der Waals surface area contributed by atoms with Crippen LogP contribution in [0.1, 0.15) is 422 Å². The van der Waals surface area contributed by atoms with Gasteiger partial charge in [0.25, 0.3) is 0 Å². The summed E-state index contributed by atoms with van der Waals surface area (Å²) in [4.78, 5) is 30.9. The molecule has 0 unspecified atom stereocenters. The van der Waals surface area contributed by atoms with E-state index in [1.54, 1.807) is 18.7 Å². The first-order valence-electron chi connectivity index (χ1n) is 46.5. The van der Waals surface area contributed by atoms with Gasteiger partial charge in [-0.25, -0.2) is 4.98 Å². The van der Waals surface area contributed by atoms with Crippen LogP contribution in [0.15, 0.2) is 80.7 Å². The highest BCUT2D eigenvalue weighted by Crippen LogP contribution is 2.19. The predicted octanol–water partition coefficient (Wildman–Crippen LogP) is 27.2. The Balaban J connectivity index is 0.000000653. The maximum Gasteiger partial charge on any atom is 0.0919 e. The van der Waals surface area contributed by atoms with Crippen LogP contribution in [0.5, 0.6) is 0 Å². The minimum atomic E-state index is 1.08. The third-order valence-corrected chi connectivity index (χ3v) is 21.4. The Morgan fingerprint density at radius 2 is 0.352 bits per heavy atom. The van der Waals surface area contributed by atoms with Crippen LogP contribution < -0.4 is 0 Å². The third kappa shape index (κ3) is 66.6. The van der Waals surface area contributed by atoms with Crippen molar-refractivity contribution in [3.05, 3.63) is 80.7 Å². The molecule has 6 heterocycles. The van der Waals surface area contributed by atoms with Gasteiger partial charge in [0, 0.05) is 140 Å². The van der Waals surface area contributed by atoms with E-state index in [-0.39, 0.29) is 0 Å². The second-order valence-electron chi connectivity index (χ2n) is 32.1. The van der Waals surface area contributed by atoms with E-state index in [1.807, 2.05) is 0 Å². The first-order chi connectivity index (χ1) is 51.8. The Morgan fingerprint density at radius 1 is 0.200 bits per heavy atom. The van der Waals surface area contributed by atoms with Gasteiger partial charge < -0.3 is 54.0 Å². The van der Waals surface area contributed by atoms with Crippen molar-refractivity contribution < 1.29 is 0 Å². The van der Waals surface area contributed by atoms with Crippen molar-refractivity contribution >= 4 is 0 Å². The molecule has 0 aromatic carbocycles. The van der Waals surface area contributed by atoms with Crippen molar-refractivity contribution in [3.63, 3.8) is 0 Å². The maximum atomic E-state index is 3.67. The number of unbranched alkanes of at least 4 members (excludes halogenated alkanes) is 47. The highest BCUT2D eigenvalue weighted by molar-refractivity contribution is 4.93. The molecule has 0 atom stereocenters. The van der Waals surface area contributed by atoms with Crippen LogP contribution in [0.4, 0.5) is 0 Å². The van der Waals surface area contributed by atoms with Gasteiger partial charge in [0.2, 0.25) is 0 Å². The summed E-state index contributed by atoms with van der Waals surface area (Å²) in [6, 6.07) is 0. The van der Waals surface area contributed by atoms with Crippen LogP contribution in [-0.4, -0.2) is 158 Å². The summed E-state index contributed by atoms with van der Waals surface area (Å²) in [6.45, 7) is 37.3. The van der Waals surface area contributed by atoms with Crippen molar-refractivity contribution in [1.82, 2.24) is 59.0 Å². The van der Waals surface area contributed by atoms with Gasteiger partial charge >= 0.3 is 0 Å². The van der Waals surface area contributed by atoms with Crippen LogP contribution in [0, 0.1) is 0 Å². The molecule has 0 aliphatic carbocycles. The minimum Gasteiger partial charge on any atom is -0.362 e. The molecule has 0 bridgehead atoms. The summed E-state index contributed by atoms with van der Waals surface area (Å²) >= 11 is 0. The van der Waals surface area contributed by atoms with Crippen LogP contribution in [-0.2, 0) is 0 Å². The highest BCUT2D eigenvalue weighted by atomic mass is 15.4. The number of aromatic nitrogens is 2. The number of hydrogen-bond donors (Lipinski definition) is 1. The number of aromatic amines is 1. The summed E-state index contributed by atoms with van der Waals surface area (Å²) in [5.74, 6) is 0. The second kappa shape index (κ2) is 79.5. The topological polar surface area (TPSA) is 61.1 Å². The molecule has 1 aromatic rings. The van der Waals surface area contributed by atoms with Gasteiger partial charge in [0.15, 0.2) is 0 Å². The molecule has 6 rings (SSSR count). The monoisotopic (exact) mass is 1470 g/mol. The van der Waals surface area contributed by atoms with Crippen molar-refractivity contribution in [3.8, 4) is 0 Å². The van der Waals surface area contributed by atoms with E-state index in [4.69, 9.17) is 0 Å². The fourth-order valence-corrected chi connectivity index (χ4v) is 14.4. The van der Waals surface area contributed by atoms with E-state index in [0.29, 0.717) is 0 Å². The van der Waals surface area contributed by atoms with E-state index < -0.39 is 0 Å². The Labute approximate surface area is 657 Å². The third-order valence-electron chi connectivity index (χ3n) is 21.4. The van der Waals surface area contributed by atoms with Crippen molar-refractivity contribution in [2.24, 2.45) is 0 Å². The molecule has 0 amide bonds. The number of hydrogen-bond acceptors (Lipinski definition) is 11. The molecule has 1 N–H and O–H groups in total. The predicted molar refractivity (Wildman–Crippen MR) is 466 cm³/mol. The zero-order chi connectivity index (χ0) is 75.9. The van der Waals surface area contributed by atoms with Crippen molar-refractivity contribution in [2.75, 3.05) is 99.3 Å². The molecule has 0 saturated heterocycles. The molecule has 12 nitrogen and oxygen atoms in total. The van der Waals surface area contributed by atoms with Gasteiger partial charge in [-0.15, -0.1) is 0 Å². The molecule has 105 heavy (non-hydrogen) atoms. The Morgan fingerprint density at radius 3 is 0.486 bits per heavy atom. The lowest BCUT2D eigenvalue weighted by Crippen LogP contribution is -2.26. The smallest absolute Gasteiger partial charge is 0.0919 e. The normalized spacial score (nSPS) is 14.2. The number of imidazole rings is 1. The summed E-state index contributed by atoms with van der Waals surface area (Å²) < 4.78 is 0. The summed E-state index contributed by atoms with van der Waals surface area (Å²) in [6.07, 6.45) is 106. The van der Waals surface area contributed by atoms with E-state index in [1.165, 1.54) is 418 Å². The lowest BCUT2D eigenvalue weighted by atomic mass is 10.1. The molecule has 0 saturated carbocycles. The number of nitrogens with one attached hydrogen (secondary N) is 1. The van der Waals surface area contributed by atoms with E-state index >= 15 is 0 Å². The molecule has 1 aromatic heterocycles. The average molecular weight is 1470 g/mol. The molecule has 616 valence electrons. The second-order valence-corrected chi connectivity index (χ2v) is 32.1. The lowest BCUT2D eigenvalue weighted by Gasteiger charge is -2.21. The summed E-state index contributed by atoms with van der Waals surface area (Å²) in [5.41, 5.74) is 0. The van der Waals surface area contributed by atoms with Gasteiger partial charge in [-0.1, -0.05) is 364 Å². The van der Waals surface area contributed by atoms with Crippen molar-refractivity contribution in [2.45, 2.75) is 422 Å². The van der Waals surface area contributed by atoms with E-state index in [9.17, 15) is 0 Å². The Bertz CT molecular complexity index is 1860.